The number of piperidine rings is 1. The van der Waals surface area contributed by atoms with Crippen molar-refractivity contribution in [2.45, 2.75) is 49.3 Å². The number of likely N-dealkylation sites (tertiary alicyclic amines) is 1. The van der Waals surface area contributed by atoms with E-state index < -0.39 is 10.0 Å². The van der Waals surface area contributed by atoms with Gasteiger partial charge in [-0.25, -0.2) is 8.42 Å². The molecule has 1 aromatic carbocycles. The van der Waals surface area contributed by atoms with Crippen LogP contribution in [0.4, 0.5) is 0 Å². The van der Waals surface area contributed by atoms with E-state index in [-0.39, 0.29) is 10.1 Å². The van der Waals surface area contributed by atoms with E-state index in [2.05, 4.69) is 6.07 Å². The van der Waals surface area contributed by atoms with Gasteiger partial charge in [0, 0.05) is 31.6 Å². The number of fused-ring (bicyclic) bond motifs is 2. The quantitative estimate of drug-likeness (QED) is 0.715. The summed E-state index contributed by atoms with van der Waals surface area (Å²) < 4.78 is 28.2. The van der Waals surface area contributed by atoms with Gasteiger partial charge in [0.15, 0.2) is 0 Å². The molecule has 0 radical (unpaired) electrons. The predicted octanol–water partition coefficient (Wildman–Crippen LogP) is 4.15. The van der Waals surface area contributed by atoms with Gasteiger partial charge in [-0.05, 0) is 48.3 Å². The molecule has 0 bridgehead atoms. The van der Waals surface area contributed by atoms with Gasteiger partial charge in [-0.2, -0.15) is 4.31 Å². The van der Waals surface area contributed by atoms with Gasteiger partial charge in [0.25, 0.3) is 15.9 Å². The fourth-order valence-electron chi connectivity index (χ4n) is 5.33. The molecule has 7 heteroatoms. The van der Waals surface area contributed by atoms with Crippen molar-refractivity contribution in [3.05, 3.63) is 52.4 Å². The summed E-state index contributed by atoms with van der Waals surface area (Å²) in [6.07, 6.45) is 6.91. The van der Waals surface area contributed by atoms with Crippen molar-refractivity contribution in [2.75, 3.05) is 19.6 Å². The van der Waals surface area contributed by atoms with E-state index in [1.807, 2.05) is 23.1 Å². The molecule has 0 N–H and O–H groups in total. The number of carbonyl (C=O) groups is 1. The summed E-state index contributed by atoms with van der Waals surface area (Å²) in [4.78, 5) is 15.0. The van der Waals surface area contributed by atoms with Crippen LogP contribution in [0.25, 0.3) is 0 Å². The number of sulfonamides is 1. The third-order valence-electron chi connectivity index (χ3n) is 7.09. The minimum Gasteiger partial charge on any atom is -0.338 e. The normalized spacial score (nSPS) is 24.9. The third-order valence-corrected chi connectivity index (χ3v) is 10.4. The number of hydrogen-bond acceptors (Lipinski definition) is 4. The van der Waals surface area contributed by atoms with Crippen molar-refractivity contribution < 1.29 is 13.2 Å². The minimum atomic E-state index is -3.59. The monoisotopic (exact) mass is 444 g/mol. The maximum atomic E-state index is 13.2. The summed E-state index contributed by atoms with van der Waals surface area (Å²) in [7, 11) is -3.59. The molecule has 2 aromatic rings. The molecule has 3 aliphatic rings. The summed E-state index contributed by atoms with van der Waals surface area (Å²) in [5.74, 6) is 1.37. The number of amides is 1. The van der Waals surface area contributed by atoms with Crippen LogP contribution in [-0.4, -0.2) is 43.2 Å². The smallest absolute Gasteiger partial charge is 0.254 e. The first-order valence-corrected chi connectivity index (χ1v) is 13.3. The second kappa shape index (κ2) is 8.09. The Morgan fingerprint density at radius 2 is 1.77 bits per heavy atom. The largest absolute Gasteiger partial charge is 0.338 e. The Kier molecular flexibility index (Phi) is 5.45. The Hall–Kier alpha value is -1.70. The number of nitrogens with zero attached hydrogens (tertiary/aromatic N) is 2. The molecule has 2 aliphatic heterocycles. The maximum absolute atomic E-state index is 13.2. The zero-order valence-electron chi connectivity index (χ0n) is 17.1. The van der Waals surface area contributed by atoms with E-state index in [0.717, 1.165) is 37.4 Å². The van der Waals surface area contributed by atoms with Crippen molar-refractivity contribution in [1.82, 2.24) is 9.21 Å². The van der Waals surface area contributed by atoms with Crippen molar-refractivity contribution in [3.8, 4) is 0 Å². The van der Waals surface area contributed by atoms with E-state index in [9.17, 15) is 13.2 Å². The SMILES string of the molecule is O=C(c1csc(S(=O)(=O)N2CCc3ccccc3C2)c1)N1CC[C@@H]2CCCC[C@H]2C1. The maximum Gasteiger partial charge on any atom is 0.254 e. The number of benzene rings is 1. The van der Waals surface area contributed by atoms with Crippen molar-refractivity contribution in [1.29, 1.82) is 0 Å². The number of hydrogen-bond donors (Lipinski definition) is 0. The number of rotatable bonds is 3. The number of carbonyl (C=O) groups excluding carboxylic acids is 1. The van der Waals surface area contributed by atoms with Crippen LogP contribution in [0, 0.1) is 11.8 Å². The summed E-state index contributed by atoms with van der Waals surface area (Å²) in [5.41, 5.74) is 2.80. The predicted molar refractivity (Wildman–Crippen MR) is 118 cm³/mol. The molecule has 1 aromatic heterocycles. The second-order valence-electron chi connectivity index (χ2n) is 8.86. The van der Waals surface area contributed by atoms with Crippen molar-refractivity contribution >= 4 is 27.3 Å². The van der Waals surface area contributed by atoms with E-state index in [0.29, 0.717) is 24.6 Å². The highest BCUT2D eigenvalue weighted by molar-refractivity contribution is 7.91. The molecule has 5 rings (SSSR count). The van der Waals surface area contributed by atoms with Gasteiger partial charge >= 0.3 is 0 Å². The summed E-state index contributed by atoms with van der Waals surface area (Å²) in [5, 5.41) is 1.72. The minimum absolute atomic E-state index is 0.0132. The molecular formula is C23H28N2O3S2. The van der Waals surface area contributed by atoms with Gasteiger partial charge < -0.3 is 4.90 Å². The van der Waals surface area contributed by atoms with Crippen LogP contribution in [-0.2, 0) is 23.0 Å². The van der Waals surface area contributed by atoms with E-state index in [4.69, 9.17) is 0 Å². The fraction of sp³-hybridized carbons (Fsp3) is 0.522. The Balaban J connectivity index is 1.31. The van der Waals surface area contributed by atoms with E-state index in [1.54, 1.807) is 15.8 Å². The zero-order chi connectivity index (χ0) is 20.7. The molecule has 0 unspecified atom stereocenters. The first kappa shape index (κ1) is 20.2. The third kappa shape index (κ3) is 3.72. The average molecular weight is 445 g/mol. The zero-order valence-corrected chi connectivity index (χ0v) is 18.8. The van der Waals surface area contributed by atoms with Gasteiger partial charge in [0.1, 0.15) is 4.21 Å². The average Bonchev–Trinajstić information content (AvgIpc) is 3.29. The molecule has 2 atom stereocenters. The molecule has 0 spiro atoms. The van der Waals surface area contributed by atoms with Gasteiger partial charge in [-0.3, -0.25) is 4.79 Å². The van der Waals surface area contributed by atoms with Crippen LogP contribution in [0.1, 0.15) is 53.6 Å². The lowest BCUT2D eigenvalue weighted by molar-refractivity contribution is 0.0521. The Morgan fingerprint density at radius 1 is 1.00 bits per heavy atom. The molecule has 2 fully saturated rings. The molecule has 5 nitrogen and oxygen atoms in total. The lowest BCUT2D eigenvalue weighted by atomic mass is 9.75. The highest BCUT2D eigenvalue weighted by atomic mass is 32.2. The first-order chi connectivity index (χ1) is 14.5. The summed E-state index contributed by atoms with van der Waals surface area (Å²) >= 11 is 1.17. The van der Waals surface area contributed by atoms with Gasteiger partial charge in [-0.1, -0.05) is 43.5 Å². The van der Waals surface area contributed by atoms with Crippen molar-refractivity contribution in [3.63, 3.8) is 0 Å². The van der Waals surface area contributed by atoms with Gasteiger partial charge in [-0.15, -0.1) is 11.3 Å². The molecule has 1 amide bonds. The molecule has 1 saturated carbocycles. The lowest BCUT2D eigenvalue weighted by Gasteiger charge is -2.41. The van der Waals surface area contributed by atoms with Gasteiger partial charge in [0.05, 0.1) is 5.56 Å². The first-order valence-electron chi connectivity index (χ1n) is 11.0. The molecule has 30 heavy (non-hydrogen) atoms. The van der Waals surface area contributed by atoms with E-state index >= 15 is 0 Å². The molecule has 1 saturated heterocycles. The fourth-order valence-corrected chi connectivity index (χ4v) is 8.06. The second-order valence-corrected chi connectivity index (χ2v) is 11.9. The summed E-state index contributed by atoms with van der Waals surface area (Å²) in [6.45, 7) is 2.50. The molecule has 1 aliphatic carbocycles. The van der Waals surface area contributed by atoms with Crippen LogP contribution < -0.4 is 0 Å². The van der Waals surface area contributed by atoms with Crippen molar-refractivity contribution in [2.24, 2.45) is 11.8 Å². The molecular weight excluding hydrogens is 416 g/mol. The standard InChI is InChI=1S/C23H28N2O3S2/c26-23(24-11-9-17-5-1-3-7-19(17)14-24)21-13-22(29-16-21)30(27,28)25-12-10-18-6-2-4-8-20(18)15-25/h2,4,6,8,13,16-17,19H,1,3,5,7,9-12,14-15H2/t17-,19-/m0/s1. The Labute approximate surface area is 182 Å². The Bertz CT molecular complexity index is 1050. The summed E-state index contributed by atoms with van der Waals surface area (Å²) in [6, 6.07) is 9.60. The van der Waals surface area contributed by atoms with Crippen LogP contribution in [0.2, 0.25) is 0 Å². The van der Waals surface area contributed by atoms with Crippen LogP contribution in [0.15, 0.2) is 39.9 Å². The van der Waals surface area contributed by atoms with Gasteiger partial charge in [0.2, 0.25) is 0 Å². The topological polar surface area (TPSA) is 57.7 Å². The molecule has 160 valence electrons. The van der Waals surface area contributed by atoms with E-state index in [1.165, 1.54) is 42.6 Å². The van der Waals surface area contributed by atoms with Crippen LogP contribution >= 0.6 is 11.3 Å². The highest BCUT2D eigenvalue weighted by Gasteiger charge is 2.34. The molecule has 3 heterocycles. The number of thiophene rings is 1. The van der Waals surface area contributed by atoms with Crippen LogP contribution in [0.3, 0.4) is 0 Å². The lowest BCUT2D eigenvalue weighted by Crippen LogP contribution is -2.44. The van der Waals surface area contributed by atoms with Crippen LogP contribution in [0.5, 0.6) is 0 Å². The highest BCUT2D eigenvalue weighted by Crippen LogP contribution is 2.37. The Morgan fingerprint density at radius 3 is 2.60 bits per heavy atom.